The normalized spacial score (nSPS) is 17.3. The van der Waals surface area contributed by atoms with Crippen molar-refractivity contribution in [2.45, 2.75) is 19.0 Å². The molecule has 2 aromatic rings. The van der Waals surface area contributed by atoms with Gasteiger partial charge in [-0.1, -0.05) is 0 Å². The van der Waals surface area contributed by atoms with Gasteiger partial charge >= 0.3 is 6.03 Å². The van der Waals surface area contributed by atoms with Gasteiger partial charge in [0.1, 0.15) is 5.82 Å². The number of imidazole rings is 1. The van der Waals surface area contributed by atoms with E-state index in [1.54, 1.807) is 18.5 Å². The molecule has 1 aliphatic rings. The van der Waals surface area contributed by atoms with E-state index < -0.39 is 0 Å². The fraction of sp³-hybridized carbons (Fsp3) is 0.400. The average molecular weight is 318 g/mol. The van der Waals surface area contributed by atoms with E-state index in [1.807, 2.05) is 22.7 Å². The Hall–Kier alpha value is -2.64. The van der Waals surface area contributed by atoms with Crippen molar-refractivity contribution in [3.8, 4) is 0 Å². The minimum atomic E-state index is -0.340. The number of hydrogen-bond acceptors (Lipinski definition) is 4. The van der Waals surface area contributed by atoms with Crippen LogP contribution in [0.2, 0.25) is 0 Å². The highest BCUT2D eigenvalue weighted by Gasteiger charge is 2.26. The zero-order valence-electron chi connectivity index (χ0n) is 12.9. The van der Waals surface area contributed by atoms with E-state index in [0.29, 0.717) is 25.5 Å². The Morgan fingerprint density at radius 1 is 1.43 bits per heavy atom. The summed E-state index contributed by atoms with van der Waals surface area (Å²) in [5, 5.41) is 5.68. The number of rotatable bonds is 4. The molecular formula is C15H19FN6O. The summed E-state index contributed by atoms with van der Waals surface area (Å²) in [7, 11) is 1.87. The average Bonchev–Trinajstić information content (AvgIpc) is 3.15. The van der Waals surface area contributed by atoms with Gasteiger partial charge in [0.05, 0.1) is 6.54 Å². The first-order valence-electron chi connectivity index (χ1n) is 7.49. The number of carbonyl (C=O) groups is 1. The Bertz CT molecular complexity index is 688. The number of aromatic nitrogens is 3. The van der Waals surface area contributed by atoms with Gasteiger partial charge in [0.15, 0.2) is 11.6 Å². The standard InChI is InChI=1S/C15H19FN6O/c1-21-8-6-17-13(21)9-19-15(23)20-11-4-7-22(10-11)14-12(16)3-2-5-18-14/h2-3,5-6,8,11H,4,7,9-10H2,1H3,(H2,19,20,23)/t11-/m0/s1. The lowest BCUT2D eigenvalue weighted by molar-refractivity contribution is 0.237. The molecule has 3 rings (SSSR count). The molecule has 0 aromatic carbocycles. The maximum absolute atomic E-state index is 13.7. The summed E-state index contributed by atoms with van der Waals surface area (Å²) in [5.74, 6) is 0.779. The second kappa shape index (κ2) is 6.64. The van der Waals surface area contributed by atoms with Crippen molar-refractivity contribution < 1.29 is 9.18 Å². The molecule has 0 bridgehead atoms. The highest BCUT2D eigenvalue weighted by Crippen LogP contribution is 2.20. The van der Waals surface area contributed by atoms with Gasteiger partial charge in [-0.05, 0) is 18.6 Å². The summed E-state index contributed by atoms with van der Waals surface area (Å²) >= 11 is 0. The summed E-state index contributed by atoms with van der Waals surface area (Å²) in [4.78, 5) is 22.0. The Morgan fingerprint density at radius 3 is 3.04 bits per heavy atom. The van der Waals surface area contributed by atoms with E-state index in [1.165, 1.54) is 6.07 Å². The monoisotopic (exact) mass is 318 g/mol. The maximum Gasteiger partial charge on any atom is 0.315 e. The Morgan fingerprint density at radius 2 is 2.30 bits per heavy atom. The van der Waals surface area contributed by atoms with Crippen LogP contribution in [-0.4, -0.2) is 39.7 Å². The molecule has 1 aliphatic heterocycles. The highest BCUT2D eigenvalue weighted by molar-refractivity contribution is 5.74. The molecule has 0 radical (unpaired) electrons. The zero-order valence-corrected chi connectivity index (χ0v) is 12.9. The van der Waals surface area contributed by atoms with E-state index in [9.17, 15) is 9.18 Å². The Kier molecular flexibility index (Phi) is 4.40. The van der Waals surface area contributed by atoms with E-state index in [4.69, 9.17) is 0 Å². The van der Waals surface area contributed by atoms with Crippen molar-refractivity contribution in [2.75, 3.05) is 18.0 Å². The number of carbonyl (C=O) groups excluding carboxylic acids is 1. The molecule has 8 heteroatoms. The molecule has 3 heterocycles. The first kappa shape index (κ1) is 15.3. The largest absolute Gasteiger partial charge is 0.352 e. The Labute approximate surface area is 133 Å². The van der Waals surface area contributed by atoms with Crippen LogP contribution >= 0.6 is 0 Å². The minimum absolute atomic E-state index is 0.0298. The molecule has 1 atom stereocenters. The van der Waals surface area contributed by atoms with Crippen LogP contribution in [0.1, 0.15) is 12.2 Å². The topological polar surface area (TPSA) is 75.1 Å². The number of pyridine rings is 1. The van der Waals surface area contributed by atoms with Crippen molar-refractivity contribution in [1.82, 2.24) is 25.2 Å². The maximum atomic E-state index is 13.7. The number of hydrogen-bond donors (Lipinski definition) is 2. The number of urea groups is 1. The third-order valence-electron chi connectivity index (χ3n) is 3.89. The summed E-state index contributed by atoms with van der Waals surface area (Å²) in [5.41, 5.74) is 0. The molecule has 0 unspecified atom stereocenters. The third-order valence-corrected chi connectivity index (χ3v) is 3.89. The van der Waals surface area contributed by atoms with Gasteiger partial charge in [-0.2, -0.15) is 0 Å². The molecule has 2 aromatic heterocycles. The number of nitrogens with zero attached hydrogens (tertiary/aromatic N) is 4. The first-order valence-corrected chi connectivity index (χ1v) is 7.49. The molecule has 0 spiro atoms. The SMILES string of the molecule is Cn1ccnc1CNC(=O)N[C@H]1CCN(c2ncccc2F)C1. The Balaban J connectivity index is 1.49. The summed E-state index contributed by atoms with van der Waals surface area (Å²) in [6.45, 7) is 1.57. The van der Waals surface area contributed by atoms with Crippen LogP contribution in [0.5, 0.6) is 0 Å². The van der Waals surface area contributed by atoms with E-state index in [2.05, 4.69) is 20.6 Å². The van der Waals surface area contributed by atoms with Crippen molar-refractivity contribution in [2.24, 2.45) is 7.05 Å². The predicted molar refractivity (Wildman–Crippen MR) is 83.4 cm³/mol. The van der Waals surface area contributed by atoms with E-state index in [-0.39, 0.29) is 17.9 Å². The number of nitrogens with one attached hydrogen (secondary N) is 2. The molecular weight excluding hydrogens is 299 g/mol. The molecule has 0 aliphatic carbocycles. The fourth-order valence-corrected chi connectivity index (χ4v) is 2.64. The van der Waals surface area contributed by atoms with Crippen LogP contribution in [0.15, 0.2) is 30.7 Å². The fourth-order valence-electron chi connectivity index (χ4n) is 2.64. The van der Waals surface area contributed by atoms with Gasteiger partial charge in [0.2, 0.25) is 0 Å². The van der Waals surface area contributed by atoms with Gasteiger partial charge in [-0.25, -0.2) is 19.2 Å². The van der Waals surface area contributed by atoms with Gasteiger partial charge in [-0.15, -0.1) is 0 Å². The first-order chi connectivity index (χ1) is 11.1. The van der Waals surface area contributed by atoms with Crippen LogP contribution in [0.25, 0.3) is 0 Å². The van der Waals surface area contributed by atoms with Gasteiger partial charge in [-0.3, -0.25) is 0 Å². The summed E-state index contributed by atoms with van der Waals surface area (Å²) in [6, 6.07) is 2.68. The van der Waals surface area contributed by atoms with Crippen LogP contribution in [0.4, 0.5) is 15.0 Å². The van der Waals surface area contributed by atoms with Crippen LogP contribution in [-0.2, 0) is 13.6 Å². The molecule has 122 valence electrons. The van der Waals surface area contributed by atoms with Crippen LogP contribution in [0, 0.1) is 5.82 Å². The second-order valence-electron chi connectivity index (χ2n) is 5.52. The molecule has 1 saturated heterocycles. The van der Waals surface area contributed by atoms with Gasteiger partial charge < -0.3 is 20.1 Å². The highest BCUT2D eigenvalue weighted by atomic mass is 19.1. The number of anilines is 1. The molecule has 7 nitrogen and oxygen atoms in total. The third kappa shape index (κ3) is 3.58. The van der Waals surface area contributed by atoms with Crippen molar-refractivity contribution in [3.63, 3.8) is 0 Å². The molecule has 0 saturated carbocycles. The van der Waals surface area contributed by atoms with Gasteiger partial charge in [0, 0.05) is 44.8 Å². The van der Waals surface area contributed by atoms with Crippen LogP contribution < -0.4 is 15.5 Å². The molecule has 2 amide bonds. The lowest BCUT2D eigenvalue weighted by Crippen LogP contribution is -2.43. The minimum Gasteiger partial charge on any atom is -0.352 e. The number of halogens is 1. The summed E-state index contributed by atoms with van der Waals surface area (Å²) < 4.78 is 15.6. The second-order valence-corrected chi connectivity index (χ2v) is 5.52. The van der Waals surface area contributed by atoms with Crippen molar-refractivity contribution >= 4 is 11.8 Å². The molecule has 1 fully saturated rings. The van der Waals surface area contributed by atoms with Crippen molar-refractivity contribution in [3.05, 3.63) is 42.4 Å². The lowest BCUT2D eigenvalue weighted by atomic mass is 10.3. The lowest BCUT2D eigenvalue weighted by Gasteiger charge is -2.18. The number of amides is 2. The quantitative estimate of drug-likeness (QED) is 0.883. The van der Waals surface area contributed by atoms with Gasteiger partial charge in [0.25, 0.3) is 0 Å². The predicted octanol–water partition coefficient (Wildman–Crippen LogP) is 1.03. The smallest absolute Gasteiger partial charge is 0.315 e. The van der Waals surface area contributed by atoms with E-state index >= 15 is 0 Å². The molecule has 2 N–H and O–H groups in total. The van der Waals surface area contributed by atoms with Crippen molar-refractivity contribution in [1.29, 1.82) is 0 Å². The summed E-state index contributed by atoms with van der Waals surface area (Å²) in [6.07, 6.45) is 5.83. The molecule has 23 heavy (non-hydrogen) atoms. The van der Waals surface area contributed by atoms with Crippen LogP contribution in [0.3, 0.4) is 0 Å². The zero-order chi connectivity index (χ0) is 16.2. The van der Waals surface area contributed by atoms with E-state index in [0.717, 1.165) is 12.2 Å². The number of aryl methyl sites for hydroxylation is 1.